The number of anilines is 1. The van der Waals surface area contributed by atoms with E-state index in [0.29, 0.717) is 0 Å². The minimum Gasteiger partial charge on any atom is -0.454 e. The lowest BCUT2D eigenvalue weighted by molar-refractivity contribution is -0.146. The third-order valence-corrected chi connectivity index (χ3v) is 5.91. The van der Waals surface area contributed by atoms with Gasteiger partial charge in [-0.2, -0.15) is 0 Å². The fraction of sp³-hybridized carbons (Fsp3) is 0.200. The number of rotatable bonds is 8. The van der Waals surface area contributed by atoms with E-state index < -0.39 is 11.2 Å². The Bertz CT molecular complexity index is 990. The van der Waals surface area contributed by atoms with Crippen LogP contribution in [0.15, 0.2) is 83.8 Å². The number of benzene rings is 3. The molecule has 0 saturated heterocycles. The first-order valence-corrected chi connectivity index (χ1v) is 10.8. The highest BCUT2D eigenvalue weighted by atomic mass is 32.2. The largest absolute Gasteiger partial charge is 0.454 e. The van der Waals surface area contributed by atoms with Crippen LogP contribution < -0.4 is 5.32 Å². The molecule has 1 amide bonds. The van der Waals surface area contributed by atoms with Gasteiger partial charge in [0.15, 0.2) is 6.61 Å². The molecule has 0 spiro atoms. The van der Waals surface area contributed by atoms with Crippen LogP contribution in [0.25, 0.3) is 0 Å². The highest BCUT2D eigenvalue weighted by molar-refractivity contribution is 8.00. The Labute approximate surface area is 181 Å². The molecule has 3 aromatic rings. The molecule has 0 aromatic heterocycles. The van der Waals surface area contributed by atoms with Crippen molar-refractivity contribution in [3.05, 3.63) is 95.6 Å². The molecular formula is C25H25NO3S. The molecule has 0 heterocycles. The first kappa shape index (κ1) is 21.7. The summed E-state index contributed by atoms with van der Waals surface area (Å²) < 4.78 is 5.41. The van der Waals surface area contributed by atoms with Crippen LogP contribution in [-0.4, -0.2) is 18.5 Å². The average Bonchev–Trinajstić information content (AvgIpc) is 2.78. The molecule has 4 nitrogen and oxygen atoms in total. The van der Waals surface area contributed by atoms with Gasteiger partial charge in [0, 0.05) is 10.6 Å². The van der Waals surface area contributed by atoms with E-state index in [1.807, 2.05) is 92.7 Å². The topological polar surface area (TPSA) is 55.4 Å². The summed E-state index contributed by atoms with van der Waals surface area (Å²) >= 11 is 1.41. The predicted octanol–water partition coefficient (Wildman–Crippen LogP) is 5.57. The first-order chi connectivity index (χ1) is 14.6. The summed E-state index contributed by atoms with van der Waals surface area (Å²) in [5.41, 5.74) is 3.66. The lowest BCUT2D eigenvalue weighted by atomic mass is 10.1. The molecular weight excluding hydrogens is 394 g/mol. The Balaban J connectivity index is 1.68. The molecule has 1 atom stereocenters. The van der Waals surface area contributed by atoms with Crippen molar-refractivity contribution in [1.82, 2.24) is 0 Å². The van der Waals surface area contributed by atoms with Crippen molar-refractivity contribution in [2.24, 2.45) is 0 Å². The van der Waals surface area contributed by atoms with Gasteiger partial charge in [-0.1, -0.05) is 73.7 Å². The van der Waals surface area contributed by atoms with Gasteiger partial charge in [0.05, 0.1) is 0 Å². The molecule has 0 aliphatic carbocycles. The molecule has 3 rings (SSSR count). The van der Waals surface area contributed by atoms with Gasteiger partial charge in [-0.25, -0.2) is 0 Å². The number of esters is 1. The van der Waals surface area contributed by atoms with Crippen LogP contribution >= 0.6 is 11.8 Å². The zero-order valence-corrected chi connectivity index (χ0v) is 17.9. The average molecular weight is 420 g/mol. The summed E-state index contributed by atoms with van der Waals surface area (Å²) in [5, 5.41) is 2.34. The fourth-order valence-electron chi connectivity index (χ4n) is 3.11. The summed E-state index contributed by atoms with van der Waals surface area (Å²) in [6.07, 6.45) is 0.806. The van der Waals surface area contributed by atoms with Gasteiger partial charge in [-0.3, -0.25) is 9.59 Å². The smallest absolute Gasteiger partial charge is 0.324 e. The van der Waals surface area contributed by atoms with Crippen LogP contribution in [-0.2, 0) is 20.7 Å². The molecule has 5 heteroatoms. The second-order valence-corrected chi connectivity index (χ2v) is 8.02. The molecule has 0 fully saturated rings. The fourth-order valence-corrected chi connectivity index (χ4v) is 4.15. The van der Waals surface area contributed by atoms with E-state index in [-0.39, 0.29) is 12.5 Å². The van der Waals surface area contributed by atoms with Crippen LogP contribution in [0, 0.1) is 6.92 Å². The van der Waals surface area contributed by atoms with Gasteiger partial charge in [0.2, 0.25) is 0 Å². The molecule has 0 aliphatic heterocycles. The lowest BCUT2D eigenvalue weighted by Gasteiger charge is -2.17. The standard InChI is InChI=1S/C25H25NO3S/c1-3-19-14-10-11-18(2)23(19)26-22(27)17-29-25(28)24(20-12-6-4-7-13-20)30-21-15-8-5-9-16-21/h4-16,24H,3,17H2,1-2H3,(H,26,27)/t24-/m1/s1. The van der Waals surface area contributed by atoms with Crippen molar-refractivity contribution >= 4 is 29.3 Å². The predicted molar refractivity (Wildman–Crippen MR) is 122 cm³/mol. The highest BCUT2D eigenvalue weighted by Crippen LogP contribution is 2.36. The quantitative estimate of drug-likeness (QED) is 0.383. The Hall–Kier alpha value is -3.05. The minimum absolute atomic E-state index is 0.324. The van der Waals surface area contributed by atoms with E-state index in [9.17, 15) is 9.59 Å². The normalized spacial score (nSPS) is 11.5. The zero-order chi connectivity index (χ0) is 21.3. The lowest BCUT2D eigenvalue weighted by Crippen LogP contribution is -2.24. The van der Waals surface area contributed by atoms with Crippen molar-refractivity contribution in [1.29, 1.82) is 0 Å². The summed E-state index contributed by atoms with van der Waals surface area (Å²) in [6.45, 7) is 3.66. The van der Waals surface area contributed by atoms with Gasteiger partial charge < -0.3 is 10.1 Å². The van der Waals surface area contributed by atoms with Gasteiger partial charge in [-0.05, 0) is 42.2 Å². The third kappa shape index (κ3) is 5.74. The highest BCUT2D eigenvalue weighted by Gasteiger charge is 2.24. The first-order valence-electron chi connectivity index (χ1n) is 9.90. The van der Waals surface area contributed by atoms with Crippen molar-refractivity contribution in [3.8, 4) is 0 Å². The molecule has 0 unspecified atom stereocenters. The Kier molecular flexibility index (Phi) is 7.69. The molecule has 0 saturated carbocycles. The maximum atomic E-state index is 12.9. The molecule has 30 heavy (non-hydrogen) atoms. The van der Waals surface area contributed by atoms with Gasteiger partial charge >= 0.3 is 5.97 Å². The number of thioether (sulfide) groups is 1. The van der Waals surface area contributed by atoms with Crippen LogP contribution in [0.2, 0.25) is 0 Å². The Morgan fingerprint density at radius 3 is 2.27 bits per heavy atom. The van der Waals surface area contributed by atoms with Crippen molar-refractivity contribution in [2.75, 3.05) is 11.9 Å². The number of para-hydroxylation sites is 1. The van der Waals surface area contributed by atoms with E-state index in [2.05, 4.69) is 5.32 Å². The van der Waals surface area contributed by atoms with Crippen LogP contribution in [0.1, 0.15) is 28.9 Å². The van der Waals surface area contributed by atoms with Gasteiger partial charge in [0.1, 0.15) is 5.25 Å². The number of hydrogen-bond acceptors (Lipinski definition) is 4. The molecule has 154 valence electrons. The van der Waals surface area contributed by atoms with E-state index in [0.717, 1.165) is 33.7 Å². The molecule has 0 aliphatic rings. The van der Waals surface area contributed by atoms with Gasteiger partial charge in [-0.15, -0.1) is 11.8 Å². The van der Waals surface area contributed by atoms with Gasteiger partial charge in [0.25, 0.3) is 5.91 Å². The summed E-state index contributed by atoms with van der Waals surface area (Å²) in [7, 11) is 0. The van der Waals surface area contributed by atoms with Crippen LogP contribution in [0.4, 0.5) is 5.69 Å². The monoisotopic (exact) mass is 419 g/mol. The number of carbonyl (C=O) groups excluding carboxylic acids is 2. The molecule has 3 aromatic carbocycles. The zero-order valence-electron chi connectivity index (χ0n) is 17.1. The number of aryl methyl sites for hydroxylation is 2. The minimum atomic E-state index is -0.550. The second-order valence-electron chi connectivity index (χ2n) is 6.84. The van der Waals surface area contributed by atoms with E-state index in [1.54, 1.807) is 0 Å². The molecule has 0 bridgehead atoms. The maximum absolute atomic E-state index is 12.9. The summed E-state index contributed by atoms with van der Waals surface area (Å²) in [5.74, 6) is -0.783. The number of carbonyl (C=O) groups is 2. The number of ether oxygens (including phenoxy) is 1. The molecule has 1 N–H and O–H groups in total. The van der Waals surface area contributed by atoms with E-state index in [1.165, 1.54) is 11.8 Å². The third-order valence-electron chi connectivity index (χ3n) is 4.66. The number of hydrogen-bond donors (Lipinski definition) is 1. The van der Waals surface area contributed by atoms with E-state index in [4.69, 9.17) is 4.74 Å². The Morgan fingerprint density at radius 2 is 1.60 bits per heavy atom. The number of amides is 1. The van der Waals surface area contributed by atoms with Crippen LogP contribution in [0.5, 0.6) is 0 Å². The van der Waals surface area contributed by atoms with Crippen LogP contribution in [0.3, 0.4) is 0 Å². The molecule has 0 radical (unpaired) electrons. The Morgan fingerprint density at radius 1 is 0.933 bits per heavy atom. The summed E-state index contributed by atoms with van der Waals surface area (Å²) in [6, 6.07) is 25.0. The SMILES string of the molecule is CCc1cccc(C)c1NC(=O)COC(=O)[C@H](Sc1ccccc1)c1ccccc1. The van der Waals surface area contributed by atoms with Crippen molar-refractivity contribution in [2.45, 2.75) is 30.4 Å². The summed E-state index contributed by atoms with van der Waals surface area (Å²) in [4.78, 5) is 26.3. The number of nitrogens with one attached hydrogen (secondary N) is 1. The van der Waals surface area contributed by atoms with Crippen molar-refractivity contribution in [3.63, 3.8) is 0 Å². The van der Waals surface area contributed by atoms with E-state index >= 15 is 0 Å². The maximum Gasteiger partial charge on any atom is 0.324 e. The second kappa shape index (κ2) is 10.6. The van der Waals surface area contributed by atoms with Crippen molar-refractivity contribution < 1.29 is 14.3 Å².